The highest BCUT2D eigenvalue weighted by Crippen LogP contribution is 2.22. The molecule has 0 bridgehead atoms. The summed E-state index contributed by atoms with van der Waals surface area (Å²) >= 11 is 0. The van der Waals surface area contributed by atoms with Crippen molar-refractivity contribution in [2.75, 3.05) is 212 Å². The molecule has 3 rings (SSSR count). The Labute approximate surface area is 553 Å². The summed E-state index contributed by atoms with van der Waals surface area (Å²) in [5.41, 5.74) is 0. The van der Waals surface area contributed by atoms with Gasteiger partial charge in [0.2, 0.25) is 0 Å². The van der Waals surface area contributed by atoms with Crippen molar-refractivity contribution >= 4 is 52.8 Å². The van der Waals surface area contributed by atoms with Gasteiger partial charge in [-0.25, -0.2) is 0 Å². The van der Waals surface area contributed by atoms with Gasteiger partial charge in [0.25, 0.3) is 0 Å². The summed E-state index contributed by atoms with van der Waals surface area (Å²) in [5.74, 6) is 0. The van der Waals surface area contributed by atoms with Crippen molar-refractivity contribution in [2.24, 2.45) is 0 Å². The van der Waals surface area contributed by atoms with E-state index in [1.54, 1.807) is 70.0 Å². The first-order valence-corrected chi connectivity index (χ1v) is 41.1. The molecule has 3 heterocycles. The second-order valence-corrected chi connectivity index (χ2v) is 33.3. The number of hydrogen-bond acceptors (Lipinski definition) is 34. The summed E-state index contributed by atoms with van der Waals surface area (Å²) in [7, 11) is 1.05. The zero-order chi connectivity index (χ0) is 70.4. The van der Waals surface area contributed by atoms with Crippen LogP contribution >= 0.6 is 0 Å². The molecule has 566 valence electrons. The van der Waals surface area contributed by atoms with Gasteiger partial charge < -0.3 is 149 Å². The minimum absolute atomic E-state index is 0. The largest absolute Gasteiger partial charge is 0.502 e. The summed E-state index contributed by atoms with van der Waals surface area (Å²) in [5, 5.41) is 68.5. The lowest BCUT2D eigenvalue weighted by atomic mass is 10.5. The molecule has 0 aromatic heterocycles. The minimum Gasteiger partial charge on any atom is -0.400 e. The van der Waals surface area contributed by atoms with Gasteiger partial charge in [0.05, 0.1) is 39.6 Å². The zero-order valence-corrected chi connectivity index (χ0v) is 63.7. The number of aliphatic hydroxyl groups excluding tert-OH is 6. The highest BCUT2D eigenvalue weighted by molar-refractivity contribution is 6.62. The van der Waals surface area contributed by atoms with Crippen LogP contribution in [0.2, 0.25) is 37.8 Å². The number of rotatable bonds is 46. The molecule has 0 spiro atoms. The molecule has 0 amide bonds. The molecule has 3 saturated heterocycles. The van der Waals surface area contributed by atoms with E-state index in [1.807, 2.05) is 48.1 Å². The van der Waals surface area contributed by atoms with E-state index in [0.717, 1.165) is 73.6 Å². The monoisotopic (exact) mass is 1460 g/mol. The molecule has 0 aromatic rings. The standard InChI is InChI=1S/C17H36O10Si2.C12H26O5Si.C7H20O6Si2.C7H18O3Si.2CH4O2.4CH4O.2CH4.H2O2/c1-18-28(19-2,9-5-7-22-11-16-13-24-16)26-15-27-29(20-3,21-4)10-6-8-23-12-17-14-25-17;1-4-15-18(16-5-2,17-6-3)9-7-8-13-10-12-11-14-12;1-8-14(5,9-2)12-7-13-15(6,10-3)11-4;1-5-8-11(4,9-6-2)10-7-3;2*2-1-3;4*1-2;;;1-2/h16-17H,5-15H2,1-4H3;12H,4-11H2,1-3H3;7H2,1-6H3;5-7H2,1-4H3;2*2-3H,1H2;4*2H,1H3;2*1H4;1-2H. The maximum absolute atomic E-state index is 7.12. The first-order valence-electron chi connectivity index (χ1n) is 28.6. The molecule has 40 heteroatoms. The predicted molar refractivity (Wildman–Crippen MR) is 352 cm³/mol. The van der Waals surface area contributed by atoms with Crippen LogP contribution < -0.4 is 0 Å². The van der Waals surface area contributed by atoms with Gasteiger partial charge in [-0.15, -0.1) is 0 Å². The number of hydrogen-bond donors (Lipinski definition) is 10. The summed E-state index contributed by atoms with van der Waals surface area (Å²) in [6, 6.07) is 2.06. The van der Waals surface area contributed by atoms with Crippen LogP contribution in [-0.4, -0.2) is 334 Å². The molecule has 0 aliphatic carbocycles. The van der Waals surface area contributed by atoms with Crippen LogP contribution in [0.5, 0.6) is 0 Å². The van der Waals surface area contributed by atoms with Crippen LogP contribution in [0.3, 0.4) is 0 Å². The number of aliphatic hydroxyl groups is 8. The van der Waals surface area contributed by atoms with Crippen LogP contribution in [0.25, 0.3) is 0 Å². The van der Waals surface area contributed by atoms with Crippen LogP contribution in [0.1, 0.15) is 75.7 Å². The summed E-state index contributed by atoms with van der Waals surface area (Å²) < 4.78 is 131. The molecule has 3 aliphatic heterocycles. The Balaban J connectivity index is -0.000000116. The van der Waals surface area contributed by atoms with E-state index in [9.17, 15) is 0 Å². The molecule has 3 aliphatic rings. The van der Waals surface area contributed by atoms with Gasteiger partial charge in [0, 0.05) is 183 Å². The second-order valence-electron chi connectivity index (χ2n) is 16.4. The average Bonchev–Trinajstić information content (AvgIpc) is 4.10. The normalized spacial score (nSPS) is 15.0. The van der Waals surface area contributed by atoms with Crippen LogP contribution in [0, 0.1) is 0 Å². The third-order valence-corrected chi connectivity index (χ3v) is 26.0. The fraction of sp³-hybridized carbons (Fsp3) is 1.00. The molecule has 0 radical (unpaired) electrons. The van der Waals surface area contributed by atoms with Gasteiger partial charge in [-0.2, -0.15) is 0 Å². The van der Waals surface area contributed by atoms with Crippen molar-refractivity contribution < 1.29 is 159 Å². The Morgan fingerprint density at radius 1 is 0.330 bits per heavy atom. The van der Waals surface area contributed by atoms with Crippen molar-refractivity contribution in [3.05, 3.63) is 0 Å². The van der Waals surface area contributed by atoms with Gasteiger partial charge >= 0.3 is 52.8 Å². The summed E-state index contributed by atoms with van der Waals surface area (Å²) in [6.45, 7) is 25.9. The Hall–Kier alpha value is -0.0587. The van der Waals surface area contributed by atoms with Gasteiger partial charge in [-0.1, -0.05) is 14.9 Å². The maximum atomic E-state index is 7.12. The van der Waals surface area contributed by atoms with E-state index in [2.05, 4.69) is 0 Å². The predicted octanol–water partition coefficient (Wildman–Crippen LogP) is 2.84. The third-order valence-electron chi connectivity index (χ3n) is 10.7. The quantitative estimate of drug-likeness (QED) is 0.0105. The summed E-state index contributed by atoms with van der Waals surface area (Å²) in [4.78, 5) is 0. The lowest BCUT2D eigenvalue weighted by molar-refractivity contribution is -0.176. The Morgan fingerprint density at radius 3 is 0.725 bits per heavy atom. The van der Waals surface area contributed by atoms with Gasteiger partial charge in [-0.05, 0) is 60.8 Å². The van der Waals surface area contributed by atoms with E-state index >= 15 is 0 Å². The van der Waals surface area contributed by atoms with Crippen molar-refractivity contribution in [3.63, 3.8) is 0 Å². The van der Waals surface area contributed by atoms with Crippen molar-refractivity contribution in [2.45, 2.75) is 132 Å². The Bertz CT molecular complexity index is 1210. The fourth-order valence-electron chi connectivity index (χ4n) is 6.03. The topological polar surface area (TPSA) is 434 Å². The molecule has 91 heavy (non-hydrogen) atoms. The third kappa shape index (κ3) is 69.6. The van der Waals surface area contributed by atoms with Crippen molar-refractivity contribution in [1.29, 1.82) is 0 Å². The second kappa shape index (κ2) is 80.6. The SMILES string of the molecule is C.C.CCO[Si](C)(OCC)OCC.CCO[Si](CCCOCC1CO1)(OCC)OCC.CO.CO.CO.CO.CO[Si](C)(OC)OCO[Si](C)(OC)OC.CO[Si](CCCOCC1CO1)(OC)OCO[Si](CCCOCC1CO1)(OC)OC.OCO.OCO.OO. The number of ether oxygens (including phenoxy) is 6. The van der Waals surface area contributed by atoms with Gasteiger partial charge in [0.15, 0.2) is 0 Å². The molecule has 3 fully saturated rings. The molecule has 3 unspecified atom stereocenters. The molecular weight excluding hydrogens is 1330 g/mol. The van der Waals surface area contributed by atoms with E-state index in [-0.39, 0.29) is 40.6 Å². The maximum Gasteiger partial charge on any atom is 0.502 e. The lowest BCUT2D eigenvalue weighted by Gasteiger charge is -2.30. The molecular formula is C51H134O34Si6. The summed E-state index contributed by atoms with van der Waals surface area (Å²) in [6.07, 6.45) is 3.29. The zero-order valence-electron chi connectivity index (χ0n) is 57.7. The Kier molecular flexibility index (Phi) is 99.5. The van der Waals surface area contributed by atoms with Gasteiger partial charge in [0.1, 0.15) is 45.5 Å². The Morgan fingerprint density at radius 2 is 0.538 bits per heavy atom. The van der Waals surface area contributed by atoms with E-state index in [1.165, 1.54) is 0 Å². The molecule has 3 atom stereocenters. The average molecular weight is 1460 g/mol. The molecule has 10 N–H and O–H groups in total. The van der Waals surface area contributed by atoms with Crippen molar-refractivity contribution in [3.8, 4) is 0 Å². The first-order chi connectivity index (χ1) is 42.8. The van der Waals surface area contributed by atoms with E-state index < -0.39 is 66.4 Å². The highest BCUT2D eigenvalue weighted by Gasteiger charge is 2.44. The number of epoxide rings is 3. The van der Waals surface area contributed by atoms with E-state index in [4.69, 9.17) is 159 Å². The molecule has 0 saturated carbocycles. The van der Waals surface area contributed by atoms with E-state index in [0.29, 0.717) is 97.5 Å². The lowest BCUT2D eigenvalue weighted by Crippen LogP contribution is -2.49. The minimum atomic E-state index is -2.84. The molecule has 0 aromatic carbocycles. The van der Waals surface area contributed by atoms with Crippen LogP contribution in [-0.2, 0) is 108 Å². The smallest absolute Gasteiger partial charge is 0.400 e. The fourth-order valence-corrected chi connectivity index (χ4v) is 15.6. The van der Waals surface area contributed by atoms with Crippen molar-refractivity contribution in [1.82, 2.24) is 0 Å². The van der Waals surface area contributed by atoms with Gasteiger partial charge in [-0.3, -0.25) is 10.5 Å². The first kappa shape index (κ1) is 112. The highest BCUT2D eigenvalue weighted by atomic mass is 28.4. The molecule has 34 nitrogen and oxygen atoms in total. The van der Waals surface area contributed by atoms with Crippen LogP contribution in [0.15, 0.2) is 0 Å². The van der Waals surface area contributed by atoms with Crippen LogP contribution in [0.4, 0.5) is 0 Å².